The SMILES string of the molecule is CNc1cccc(Nc2cc(F)c(F)c(F)c2)c1[N+](=O)[O-]. The van der Waals surface area contributed by atoms with Gasteiger partial charge < -0.3 is 10.6 Å². The number of hydrogen-bond donors (Lipinski definition) is 2. The number of hydrogen-bond acceptors (Lipinski definition) is 4. The molecule has 21 heavy (non-hydrogen) atoms. The van der Waals surface area contributed by atoms with E-state index in [-0.39, 0.29) is 22.7 Å². The lowest BCUT2D eigenvalue weighted by atomic mass is 10.2. The van der Waals surface area contributed by atoms with Crippen LogP contribution in [0.25, 0.3) is 0 Å². The molecule has 0 radical (unpaired) electrons. The Balaban J connectivity index is 2.47. The van der Waals surface area contributed by atoms with Crippen LogP contribution in [0, 0.1) is 27.6 Å². The Morgan fingerprint density at radius 3 is 2.19 bits per heavy atom. The molecule has 0 amide bonds. The van der Waals surface area contributed by atoms with Crippen molar-refractivity contribution < 1.29 is 18.1 Å². The van der Waals surface area contributed by atoms with Crippen molar-refractivity contribution in [2.75, 3.05) is 17.7 Å². The number of nitro benzene ring substituents is 1. The molecule has 110 valence electrons. The Labute approximate surface area is 117 Å². The van der Waals surface area contributed by atoms with E-state index >= 15 is 0 Å². The molecule has 0 bridgehead atoms. The molecule has 2 aromatic carbocycles. The average molecular weight is 297 g/mol. The first-order valence-electron chi connectivity index (χ1n) is 5.80. The van der Waals surface area contributed by atoms with Crippen molar-refractivity contribution in [2.45, 2.75) is 0 Å². The monoisotopic (exact) mass is 297 g/mol. The molecule has 0 heterocycles. The molecule has 2 N–H and O–H groups in total. The minimum absolute atomic E-state index is 0.0252. The fourth-order valence-corrected chi connectivity index (χ4v) is 1.83. The second kappa shape index (κ2) is 5.70. The maximum atomic E-state index is 13.1. The number of nitrogens with zero attached hydrogens (tertiary/aromatic N) is 1. The highest BCUT2D eigenvalue weighted by Gasteiger charge is 2.20. The van der Waals surface area contributed by atoms with Crippen molar-refractivity contribution in [3.05, 3.63) is 57.9 Å². The Morgan fingerprint density at radius 1 is 1.10 bits per heavy atom. The summed E-state index contributed by atoms with van der Waals surface area (Å²) in [6.45, 7) is 0. The summed E-state index contributed by atoms with van der Waals surface area (Å²) in [5, 5.41) is 16.3. The van der Waals surface area contributed by atoms with Crippen molar-refractivity contribution in [1.82, 2.24) is 0 Å². The van der Waals surface area contributed by atoms with Crippen LogP contribution >= 0.6 is 0 Å². The van der Waals surface area contributed by atoms with Gasteiger partial charge in [0.1, 0.15) is 11.4 Å². The normalized spacial score (nSPS) is 10.3. The van der Waals surface area contributed by atoms with Crippen molar-refractivity contribution in [3.8, 4) is 0 Å². The van der Waals surface area contributed by atoms with Gasteiger partial charge in [-0.3, -0.25) is 10.1 Å². The van der Waals surface area contributed by atoms with Crippen LogP contribution in [0.2, 0.25) is 0 Å². The molecule has 5 nitrogen and oxygen atoms in total. The minimum Gasteiger partial charge on any atom is -0.382 e. The second-order valence-electron chi connectivity index (χ2n) is 4.09. The molecule has 0 aliphatic heterocycles. The fourth-order valence-electron chi connectivity index (χ4n) is 1.83. The molecule has 0 fully saturated rings. The lowest BCUT2D eigenvalue weighted by molar-refractivity contribution is -0.383. The first kappa shape index (κ1) is 14.6. The van der Waals surface area contributed by atoms with E-state index in [0.29, 0.717) is 12.1 Å². The van der Waals surface area contributed by atoms with E-state index in [0.717, 1.165) is 0 Å². The molecule has 8 heteroatoms. The highest BCUT2D eigenvalue weighted by atomic mass is 19.2. The quantitative estimate of drug-likeness (QED) is 0.512. The zero-order valence-electron chi connectivity index (χ0n) is 10.8. The highest BCUT2D eigenvalue weighted by Crippen LogP contribution is 2.34. The third kappa shape index (κ3) is 2.88. The van der Waals surface area contributed by atoms with Gasteiger partial charge in [-0.15, -0.1) is 0 Å². The van der Waals surface area contributed by atoms with E-state index in [2.05, 4.69) is 10.6 Å². The summed E-state index contributed by atoms with van der Waals surface area (Å²) >= 11 is 0. The third-order valence-electron chi connectivity index (χ3n) is 2.75. The summed E-state index contributed by atoms with van der Waals surface area (Å²) in [6.07, 6.45) is 0. The van der Waals surface area contributed by atoms with Crippen LogP contribution in [-0.2, 0) is 0 Å². The zero-order chi connectivity index (χ0) is 15.6. The third-order valence-corrected chi connectivity index (χ3v) is 2.75. The Kier molecular flexibility index (Phi) is 3.97. The first-order valence-corrected chi connectivity index (χ1v) is 5.80. The number of benzene rings is 2. The molecule has 0 atom stereocenters. The van der Waals surface area contributed by atoms with Gasteiger partial charge in [0.05, 0.1) is 4.92 Å². The standard InChI is InChI=1S/C13H10F3N3O2/c1-17-10-3-2-4-11(13(10)19(20)21)18-7-5-8(14)12(16)9(15)6-7/h2-6,17-18H,1H3. The number of halogens is 3. The van der Waals surface area contributed by atoms with Crippen molar-refractivity contribution in [3.63, 3.8) is 0 Å². The van der Waals surface area contributed by atoms with Crippen LogP contribution in [0.3, 0.4) is 0 Å². The lowest BCUT2D eigenvalue weighted by Gasteiger charge is -2.10. The number of para-hydroxylation sites is 1. The summed E-state index contributed by atoms with van der Waals surface area (Å²) in [4.78, 5) is 10.5. The van der Waals surface area contributed by atoms with Crippen LogP contribution in [0.5, 0.6) is 0 Å². The van der Waals surface area contributed by atoms with Gasteiger partial charge in [0, 0.05) is 24.9 Å². The summed E-state index contributed by atoms with van der Waals surface area (Å²) in [6, 6.07) is 5.81. The molecule has 2 aromatic rings. The molecule has 0 aromatic heterocycles. The van der Waals surface area contributed by atoms with Crippen molar-refractivity contribution in [1.29, 1.82) is 0 Å². The fraction of sp³-hybridized carbons (Fsp3) is 0.0769. The van der Waals surface area contributed by atoms with Gasteiger partial charge in [0.15, 0.2) is 17.5 Å². The maximum absolute atomic E-state index is 13.1. The van der Waals surface area contributed by atoms with Gasteiger partial charge in [-0.25, -0.2) is 13.2 Å². The van der Waals surface area contributed by atoms with E-state index in [1.54, 1.807) is 0 Å². The van der Waals surface area contributed by atoms with E-state index < -0.39 is 22.4 Å². The predicted molar refractivity (Wildman–Crippen MR) is 72.2 cm³/mol. The second-order valence-corrected chi connectivity index (χ2v) is 4.09. The van der Waals surface area contributed by atoms with E-state index in [4.69, 9.17) is 0 Å². The Morgan fingerprint density at radius 2 is 1.67 bits per heavy atom. The molecule has 0 unspecified atom stereocenters. The smallest absolute Gasteiger partial charge is 0.315 e. The van der Waals surface area contributed by atoms with E-state index in [9.17, 15) is 23.3 Å². The molecule has 0 saturated heterocycles. The molecular formula is C13H10F3N3O2. The molecule has 2 rings (SSSR count). The van der Waals surface area contributed by atoms with E-state index in [1.807, 2.05) is 0 Å². The molecular weight excluding hydrogens is 287 g/mol. The van der Waals surface area contributed by atoms with Gasteiger partial charge in [0.2, 0.25) is 0 Å². The van der Waals surface area contributed by atoms with Gasteiger partial charge in [-0.2, -0.15) is 0 Å². The van der Waals surface area contributed by atoms with Gasteiger partial charge >= 0.3 is 5.69 Å². The molecule has 0 aliphatic carbocycles. The van der Waals surface area contributed by atoms with Crippen LogP contribution in [-0.4, -0.2) is 12.0 Å². The summed E-state index contributed by atoms with van der Waals surface area (Å²) in [5.74, 6) is -4.37. The van der Waals surface area contributed by atoms with Crippen molar-refractivity contribution in [2.24, 2.45) is 0 Å². The molecule has 0 saturated carbocycles. The lowest BCUT2D eigenvalue weighted by Crippen LogP contribution is -2.02. The zero-order valence-corrected chi connectivity index (χ0v) is 10.8. The number of nitrogens with one attached hydrogen (secondary N) is 2. The summed E-state index contributed by atoms with van der Waals surface area (Å²) in [7, 11) is 1.50. The van der Waals surface area contributed by atoms with Crippen LogP contribution in [0.1, 0.15) is 0 Å². The Bertz CT molecular complexity index is 684. The van der Waals surface area contributed by atoms with Gasteiger partial charge in [-0.1, -0.05) is 6.07 Å². The number of rotatable bonds is 4. The Hall–Kier alpha value is -2.77. The van der Waals surface area contributed by atoms with Gasteiger partial charge in [-0.05, 0) is 12.1 Å². The topological polar surface area (TPSA) is 67.2 Å². The summed E-state index contributed by atoms with van der Waals surface area (Å²) in [5.41, 5.74) is -0.168. The van der Waals surface area contributed by atoms with Crippen LogP contribution in [0.15, 0.2) is 30.3 Å². The van der Waals surface area contributed by atoms with Crippen molar-refractivity contribution >= 4 is 22.7 Å². The first-order chi connectivity index (χ1) is 9.93. The minimum atomic E-state index is -1.60. The highest BCUT2D eigenvalue weighted by molar-refractivity contribution is 5.79. The number of anilines is 3. The maximum Gasteiger partial charge on any atom is 0.315 e. The van der Waals surface area contributed by atoms with Gasteiger partial charge in [0.25, 0.3) is 0 Å². The summed E-state index contributed by atoms with van der Waals surface area (Å²) < 4.78 is 39.2. The average Bonchev–Trinajstić information content (AvgIpc) is 2.44. The largest absolute Gasteiger partial charge is 0.382 e. The molecule has 0 aliphatic rings. The van der Waals surface area contributed by atoms with E-state index in [1.165, 1.54) is 25.2 Å². The predicted octanol–water partition coefficient (Wildman–Crippen LogP) is 3.80. The molecule has 0 spiro atoms. The van der Waals surface area contributed by atoms with Crippen LogP contribution in [0.4, 0.5) is 35.9 Å². The van der Waals surface area contributed by atoms with Crippen LogP contribution < -0.4 is 10.6 Å². The number of nitro groups is 1.